The summed E-state index contributed by atoms with van der Waals surface area (Å²) in [6.07, 6.45) is 4.54. The second-order valence-corrected chi connectivity index (χ2v) is 3.83. The zero-order chi connectivity index (χ0) is 9.03. The van der Waals surface area contributed by atoms with Crippen LogP contribution in [0.2, 0.25) is 0 Å². The van der Waals surface area contributed by atoms with Gasteiger partial charge in [-0.2, -0.15) is 5.26 Å². The molecule has 0 aliphatic heterocycles. The zero-order valence-corrected chi connectivity index (χ0v) is 7.93. The summed E-state index contributed by atoms with van der Waals surface area (Å²) in [4.78, 5) is 0. The number of hydrazine groups is 1. The minimum Gasteiger partial charge on any atom is -0.254 e. The van der Waals surface area contributed by atoms with Crippen LogP contribution in [0.3, 0.4) is 0 Å². The Hall–Kier alpha value is -0.590. The van der Waals surface area contributed by atoms with Gasteiger partial charge in [-0.05, 0) is 12.8 Å². The van der Waals surface area contributed by atoms with E-state index in [1.807, 2.05) is 19.1 Å². The molecule has 0 amide bonds. The third-order valence-electron chi connectivity index (χ3n) is 2.53. The Kier molecular flexibility index (Phi) is 3.07. The summed E-state index contributed by atoms with van der Waals surface area (Å²) >= 11 is 0. The van der Waals surface area contributed by atoms with E-state index in [0.717, 1.165) is 19.4 Å². The lowest BCUT2D eigenvalue weighted by atomic mass is 9.88. The number of nitrogens with zero attached hydrogens (tertiary/aromatic N) is 2. The molecule has 0 unspecified atom stereocenters. The minimum atomic E-state index is -0.0791. The molecular weight excluding hydrogens is 150 g/mol. The quantitative estimate of drug-likeness (QED) is 0.641. The molecule has 1 saturated carbocycles. The summed E-state index contributed by atoms with van der Waals surface area (Å²) in [7, 11) is 3.92. The summed E-state index contributed by atoms with van der Waals surface area (Å²) in [5.41, 5.74) is 3.11. The second kappa shape index (κ2) is 3.88. The zero-order valence-electron chi connectivity index (χ0n) is 7.93. The van der Waals surface area contributed by atoms with Crippen LogP contribution in [-0.4, -0.2) is 25.6 Å². The van der Waals surface area contributed by atoms with Crippen molar-refractivity contribution in [1.82, 2.24) is 10.4 Å². The van der Waals surface area contributed by atoms with Gasteiger partial charge in [0.15, 0.2) is 0 Å². The average molecular weight is 167 g/mol. The van der Waals surface area contributed by atoms with Crippen LogP contribution in [0.5, 0.6) is 0 Å². The lowest BCUT2D eigenvalue weighted by molar-refractivity contribution is 0.233. The van der Waals surface area contributed by atoms with E-state index >= 15 is 0 Å². The first-order chi connectivity index (χ1) is 5.68. The van der Waals surface area contributed by atoms with Gasteiger partial charge in [-0.1, -0.05) is 12.8 Å². The molecule has 0 aromatic carbocycles. The molecule has 1 fully saturated rings. The molecule has 1 N–H and O–H groups in total. The fourth-order valence-electron chi connectivity index (χ4n) is 1.69. The van der Waals surface area contributed by atoms with Gasteiger partial charge in [-0.25, -0.2) is 0 Å². The smallest absolute Gasteiger partial charge is 0.0712 e. The van der Waals surface area contributed by atoms with Crippen LogP contribution in [0.15, 0.2) is 0 Å². The molecule has 1 aliphatic rings. The standard InChI is InChI=1S/C9H17N3/c1-12(2)11-8-9(7-10)5-3-4-6-9/h11H,3-6,8H2,1-2H3. The summed E-state index contributed by atoms with van der Waals surface area (Å²) in [5, 5.41) is 10.9. The molecule has 3 nitrogen and oxygen atoms in total. The number of hydrogen-bond donors (Lipinski definition) is 1. The highest BCUT2D eigenvalue weighted by Crippen LogP contribution is 2.36. The highest BCUT2D eigenvalue weighted by Gasteiger charge is 2.33. The van der Waals surface area contributed by atoms with Crippen LogP contribution >= 0.6 is 0 Å². The second-order valence-electron chi connectivity index (χ2n) is 3.83. The molecule has 0 atom stereocenters. The van der Waals surface area contributed by atoms with Crippen molar-refractivity contribution in [1.29, 1.82) is 5.26 Å². The van der Waals surface area contributed by atoms with E-state index in [0.29, 0.717) is 0 Å². The largest absolute Gasteiger partial charge is 0.254 e. The first kappa shape index (κ1) is 9.50. The van der Waals surface area contributed by atoms with E-state index in [2.05, 4.69) is 11.5 Å². The van der Waals surface area contributed by atoms with Crippen molar-refractivity contribution in [2.24, 2.45) is 5.41 Å². The van der Waals surface area contributed by atoms with Gasteiger partial charge in [-0.3, -0.25) is 10.4 Å². The first-order valence-electron chi connectivity index (χ1n) is 4.51. The lowest BCUT2D eigenvalue weighted by Gasteiger charge is -2.23. The maximum atomic E-state index is 9.02. The van der Waals surface area contributed by atoms with E-state index < -0.39 is 0 Å². The highest BCUT2D eigenvalue weighted by atomic mass is 15.5. The van der Waals surface area contributed by atoms with Gasteiger partial charge in [0, 0.05) is 20.6 Å². The van der Waals surface area contributed by atoms with Crippen molar-refractivity contribution in [3.8, 4) is 6.07 Å². The van der Waals surface area contributed by atoms with Crippen LogP contribution < -0.4 is 5.43 Å². The van der Waals surface area contributed by atoms with Gasteiger partial charge < -0.3 is 0 Å². The van der Waals surface area contributed by atoms with Crippen molar-refractivity contribution < 1.29 is 0 Å². The SMILES string of the molecule is CN(C)NCC1(C#N)CCCC1. The molecule has 0 aromatic heterocycles. The Morgan fingerprint density at radius 3 is 2.42 bits per heavy atom. The predicted molar refractivity (Wildman–Crippen MR) is 48.2 cm³/mol. The number of nitrogens with one attached hydrogen (secondary N) is 1. The van der Waals surface area contributed by atoms with Crippen LogP contribution in [0, 0.1) is 16.7 Å². The molecule has 3 heteroatoms. The van der Waals surface area contributed by atoms with E-state index in [1.165, 1.54) is 12.8 Å². The van der Waals surface area contributed by atoms with Crippen LogP contribution in [0.25, 0.3) is 0 Å². The molecule has 0 saturated heterocycles. The monoisotopic (exact) mass is 167 g/mol. The number of rotatable bonds is 3. The molecule has 0 spiro atoms. The Labute approximate surface area is 74.3 Å². The molecule has 12 heavy (non-hydrogen) atoms. The van der Waals surface area contributed by atoms with Crippen molar-refractivity contribution >= 4 is 0 Å². The molecule has 68 valence electrons. The van der Waals surface area contributed by atoms with E-state index in [9.17, 15) is 0 Å². The fourth-order valence-corrected chi connectivity index (χ4v) is 1.69. The third-order valence-corrected chi connectivity index (χ3v) is 2.53. The molecule has 1 rings (SSSR count). The van der Waals surface area contributed by atoms with Crippen molar-refractivity contribution in [3.05, 3.63) is 0 Å². The topological polar surface area (TPSA) is 39.1 Å². The third kappa shape index (κ3) is 2.20. The maximum absolute atomic E-state index is 9.02. The molecule has 1 aliphatic carbocycles. The van der Waals surface area contributed by atoms with Gasteiger partial charge >= 0.3 is 0 Å². The molecule has 0 radical (unpaired) electrons. The molecule has 0 bridgehead atoms. The van der Waals surface area contributed by atoms with Crippen LogP contribution in [0.1, 0.15) is 25.7 Å². The van der Waals surface area contributed by atoms with Gasteiger partial charge in [0.05, 0.1) is 11.5 Å². The average Bonchev–Trinajstić information content (AvgIpc) is 2.50. The lowest BCUT2D eigenvalue weighted by Crippen LogP contribution is -2.39. The number of hydrogen-bond acceptors (Lipinski definition) is 3. The van der Waals surface area contributed by atoms with Crippen molar-refractivity contribution in [2.75, 3.05) is 20.6 Å². The molecule has 0 heterocycles. The summed E-state index contributed by atoms with van der Waals surface area (Å²) in [5.74, 6) is 0. The van der Waals surface area contributed by atoms with E-state index in [4.69, 9.17) is 5.26 Å². The fraction of sp³-hybridized carbons (Fsp3) is 0.889. The first-order valence-corrected chi connectivity index (χ1v) is 4.51. The number of nitriles is 1. The minimum absolute atomic E-state index is 0.0791. The van der Waals surface area contributed by atoms with Crippen molar-refractivity contribution in [2.45, 2.75) is 25.7 Å². The maximum Gasteiger partial charge on any atom is 0.0712 e. The highest BCUT2D eigenvalue weighted by molar-refractivity contribution is 5.02. The predicted octanol–water partition coefficient (Wildman–Crippen LogP) is 1.14. The summed E-state index contributed by atoms with van der Waals surface area (Å²) < 4.78 is 0. The molecular formula is C9H17N3. The van der Waals surface area contributed by atoms with Gasteiger partial charge in [-0.15, -0.1) is 0 Å². The van der Waals surface area contributed by atoms with Crippen LogP contribution in [-0.2, 0) is 0 Å². The molecule has 0 aromatic rings. The summed E-state index contributed by atoms with van der Waals surface area (Å²) in [6.45, 7) is 0.802. The summed E-state index contributed by atoms with van der Waals surface area (Å²) in [6, 6.07) is 2.44. The Bertz CT molecular complexity index is 175. The van der Waals surface area contributed by atoms with Crippen LogP contribution in [0.4, 0.5) is 0 Å². The Balaban J connectivity index is 2.41. The Morgan fingerprint density at radius 1 is 1.42 bits per heavy atom. The van der Waals surface area contributed by atoms with E-state index in [1.54, 1.807) is 0 Å². The normalized spacial score (nSPS) is 21.2. The van der Waals surface area contributed by atoms with Gasteiger partial charge in [0.1, 0.15) is 0 Å². The van der Waals surface area contributed by atoms with E-state index in [-0.39, 0.29) is 5.41 Å². The Morgan fingerprint density at radius 2 is 2.00 bits per heavy atom. The van der Waals surface area contributed by atoms with Gasteiger partial charge in [0.25, 0.3) is 0 Å². The van der Waals surface area contributed by atoms with Gasteiger partial charge in [0.2, 0.25) is 0 Å². The van der Waals surface area contributed by atoms with Crippen molar-refractivity contribution in [3.63, 3.8) is 0 Å².